The van der Waals surface area contributed by atoms with E-state index in [1.54, 1.807) is 6.07 Å². The van der Waals surface area contributed by atoms with Gasteiger partial charge in [0.1, 0.15) is 0 Å². The van der Waals surface area contributed by atoms with E-state index in [-0.39, 0.29) is 17.9 Å². The molecule has 5 aromatic rings. The van der Waals surface area contributed by atoms with Gasteiger partial charge in [0.25, 0.3) is 0 Å². The Hall–Kier alpha value is -3.80. The van der Waals surface area contributed by atoms with Gasteiger partial charge in [-0.05, 0) is 77.9 Å². The number of fused-ring (bicyclic) bond motifs is 6. The number of ether oxygens (including phenoxy) is 1. The third kappa shape index (κ3) is 2.70. The lowest BCUT2D eigenvalue weighted by atomic mass is 9.49. The lowest BCUT2D eigenvalue weighted by molar-refractivity contribution is -0.173. The molecule has 1 aromatic heterocycles. The number of rotatable bonds is 3. The summed E-state index contributed by atoms with van der Waals surface area (Å²) in [5.74, 6) is 1.52. The molecule has 4 atom stereocenters. The van der Waals surface area contributed by atoms with Gasteiger partial charge in [-0.1, -0.05) is 60.7 Å². The topological polar surface area (TPSA) is 68.7 Å². The van der Waals surface area contributed by atoms with E-state index in [1.165, 1.54) is 51.3 Å². The van der Waals surface area contributed by atoms with Gasteiger partial charge >= 0.3 is 0 Å². The summed E-state index contributed by atoms with van der Waals surface area (Å²) in [4.78, 5) is 6.46. The number of aromatic nitrogens is 1. The first-order valence-corrected chi connectivity index (χ1v) is 15.2. The minimum atomic E-state index is -0.989. The van der Waals surface area contributed by atoms with Crippen LogP contribution in [0.25, 0.3) is 32.8 Å². The van der Waals surface area contributed by atoms with Gasteiger partial charge in [-0.3, -0.25) is 4.90 Å². The highest BCUT2D eigenvalue weighted by molar-refractivity contribution is 6.13. The molecule has 1 saturated heterocycles. The first kappa shape index (κ1) is 22.8. The van der Waals surface area contributed by atoms with Crippen LogP contribution < -0.4 is 4.74 Å². The molecule has 204 valence electrons. The normalized spacial score (nSPS) is 29.4. The molecular weight excluding hydrogens is 508 g/mol. The van der Waals surface area contributed by atoms with Crippen LogP contribution in [-0.4, -0.2) is 44.8 Å². The SMILES string of the molecule is Oc1ccc2c3c1O[C@H]1c4[nH]c5c(cc(-c6ccccc6)c6ccccc65)c4C[C@@]4(O)[C@@H](C2)N(CC2CC2)CC[C@]314. The summed E-state index contributed by atoms with van der Waals surface area (Å²) < 4.78 is 6.83. The summed E-state index contributed by atoms with van der Waals surface area (Å²) in [6.07, 6.45) is 4.43. The first-order chi connectivity index (χ1) is 20.1. The van der Waals surface area contributed by atoms with Crippen molar-refractivity contribution in [3.05, 3.63) is 95.2 Å². The predicted molar refractivity (Wildman–Crippen MR) is 159 cm³/mol. The van der Waals surface area contributed by atoms with Crippen LogP contribution in [0.15, 0.2) is 72.8 Å². The number of aliphatic hydroxyl groups is 1. The predicted octanol–water partition coefficient (Wildman–Crippen LogP) is 6.39. The number of aromatic amines is 1. The highest BCUT2D eigenvalue weighted by Crippen LogP contribution is 2.69. The molecule has 5 heteroatoms. The van der Waals surface area contributed by atoms with Crippen molar-refractivity contribution in [2.24, 2.45) is 5.92 Å². The van der Waals surface area contributed by atoms with Crippen molar-refractivity contribution < 1.29 is 14.9 Å². The fourth-order valence-corrected chi connectivity index (χ4v) is 9.31. The number of phenolic OH excluding ortho intramolecular Hbond substituents is 1. The van der Waals surface area contributed by atoms with Crippen LogP contribution in [0.2, 0.25) is 0 Å². The number of phenols is 1. The zero-order chi connectivity index (χ0) is 27.1. The molecule has 1 saturated carbocycles. The van der Waals surface area contributed by atoms with E-state index in [0.29, 0.717) is 12.2 Å². The lowest BCUT2D eigenvalue weighted by Crippen LogP contribution is -2.74. The summed E-state index contributed by atoms with van der Waals surface area (Å²) >= 11 is 0. The number of nitrogens with one attached hydrogen (secondary N) is 1. The molecule has 2 bridgehead atoms. The van der Waals surface area contributed by atoms with E-state index in [0.717, 1.165) is 48.6 Å². The van der Waals surface area contributed by atoms with Crippen molar-refractivity contribution >= 4 is 21.7 Å². The summed E-state index contributed by atoms with van der Waals surface area (Å²) in [6.45, 7) is 2.02. The largest absolute Gasteiger partial charge is 0.504 e. The molecule has 4 aromatic carbocycles. The molecule has 41 heavy (non-hydrogen) atoms. The van der Waals surface area contributed by atoms with Crippen molar-refractivity contribution in [3.8, 4) is 22.6 Å². The average Bonchev–Trinajstić information content (AvgIpc) is 3.63. The summed E-state index contributed by atoms with van der Waals surface area (Å²) in [5, 5.41) is 27.8. The maximum Gasteiger partial charge on any atom is 0.166 e. The Bertz CT molecular complexity index is 1920. The standard InChI is InChI=1S/C36H32N2O3/c39-28-13-12-22-16-29-36(40)18-27-26-17-25(21-6-2-1-3-7-21)23-8-4-5-9-24(23)31(26)37-32(27)34-35(36,30(22)33(28)41-34)14-15-38(29)19-20-10-11-20/h1-9,12-13,17,20,29,34,37,39-40H,10-11,14-16,18-19H2/t29-,34+,35+,36-/m1/s1. The molecule has 5 nitrogen and oxygen atoms in total. The Morgan fingerprint density at radius 3 is 2.59 bits per heavy atom. The van der Waals surface area contributed by atoms with Crippen molar-refractivity contribution in [2.45, 2.75) is 55.3 Å². The van der Waals surface area contributed by atoms with Crippen molar-refractivity contribution in [2.75, 3.05) is 13.1 Å². The van der Waals surface area contributed by atoms with Gasteiger partial charge in [-0.15, -0.1) is 0 Å². The second-order valence-electron chi connectivity index (χ2n) is 13.2. The van der Waals surface area contributed by atoms with Crippen LogP contribution in [0.1, 0.15) is 47.8 Å². The van der Waals surface area contributed by atoms with Crippen LogP contribution >= 0.6 is 0 Å². The first-order valence-electron chi connectivity index (χ1n) is 15.2. The van der Waals surface area contributed by atoms with Gasteiger partial charge in [0, 0.05) is 35.3 Å². The Balaban J connectivity index is 1.27. The third-order valence-corrected chi connectivity index (χ3v) is 11.3. The second-order valence-corrected chi connectivity index (χ2v) is 13.2. The van der Waals surface area contributed by atoms with Gasteiger partial charge < -0.3 is 19.9 Å². The van der Waals surface area contributed by atoms with E-state index < -0.39 is 11.0 Å². The molecule has 3 heterocycles. The van der Waals surface area contributed by atoms with E-state index in [4.69, 9.17) is 4.74 Å². The van der Waals surface area contributed by atoms with E-state index >= 15 is 0 Å². The molecule has 3 aliphatic carbocycles. The lowest BCUT2D eigenvalue weighted by Gasteiger charge is -2.62. The Kier molecular flexibility index (Phi) is 4.19. The minimum absolute atomic E-state index is 0.0260. The van der Waals surface area contributed by atoms with Crippen LogP contribution in [0.3, 0.4) is 0 Å². The quantitative estimate of drug-likeness (QED) is 0.248. The molecule has 2 aliphatic heterocycles. The van der Waals surface area contributed by atoms with Crippen LogP contribution in [0.4, 0.5) is 0 Å². The summed E-state index contributed by atoms with van der Waals surface area (Å²) in [6, 6.07) is 25.5. The highest BCUT2D eigenvalue weighted by atomic mass is 16.5. The molecule has 0 amide bonds. The van der Waals surface area contributed by atoms with E-state index in [9.17, 15) is 10.2 Å². The Labute approximate surface area is 238 Å². The van der Waals surface area contributed by atoms with Crippen molar-refractivity contribution in [1.82, 2.24) is 9.88 Å². The third-order valence-electron chi connectivity index (χ3n) is 11.3. The fraction of sp³-hybridized carbons (Fsp3) is 0.333. The average molecular weight is 541 g/mol. The molecule has 3 N–H and O–H groups in total. The molecule has 0 radical (unpaired) electrons. The number of hydrogen-bond acceptors (Lipinski definition) is 4. The van der Waals surface area contributed by atoms with Gasteiger partial charge in [0.15, 0.2) is 17.6 Å². The van der Waals surface area contributed by atoms with Gasteiger partial charge in [-0.25, -0.2) is 0 Å². The van der Waals surface area contributed by atoms with Crippen LogP contribution in [0.5, 0.6) is 11.5 Å². The van der Waals surface area contributed by atoms with Gasteiger partial charge in [0.2, 0.25) is 0 Å². The molecule has 1 spiro atoms. The van der Waals surface area contributed by atoms with E-state index in [1.807, 2.05) is 0 Å². The molecule has 5 aliphatic rings. The molecule has 0 unspecified atom stereocenters. The Morgan fingerprint density at radius 2 is 1.76 bits per heavy atom. The van der Waals surface area contributed by atoms with Crippen molar-refractivity contribution in [1.29, 1.82) is 0 Å². The number of likely N-dealkylation sites (tertiary alicyclic amines) is 1. The number of piperidine rings is 1. The number of benzene rings is 4. The molecule has 10 rings (SSSR count). The fourth-order valence-electron chi connectivity index (χ4n) is 9.31. The van der Waals surface area contributed by atoms with Crippen LogP contribution in [-0.2, 0) is 18.3 Å². The minimum Gasteiger partial charge on any atom is -0.504 e. The molecule has 2 fully saturated rings. The van der Waals surface area contributed by atoms with Gasteiger partial charge in [-0.2, -0.15) is 0 Å². The monoisotopic (exact) mass is 540 g/mol. The maximum atomic E-state index is 13.2. The number of hydrogen-bond donors (Lipinski definition) is 3. The maximum absolute atomic E-state index is 13.2. The zero-order valence-electron chi connectivity index (χ0n) is 22.9. The van der Waals surface area contributed by atoms with E-state index in [2.05, 4.69) is 76.6 Å². The van der Waals surface area contributed by atoms with Gasteiger partial charge in [0.05, 0.1) is 22.2 Å². The van der Waals surface area contributed by atoms with Crippen LogP contribution in [0, 0.1) is 5.92 Å². The Morgan fingerprint density at radius 1 is 0.951 bits per heavy atom. The summed E-state index contributed by atoms with van der Waals surface area (Å²) in [7, 11) is 0. The number of nitrogens with zero attached hydrogens (tertiary/aromatic N) is 1. The smallest absolute Gasteiger partial charge is 0.166 e. The number of H-pyrrole nitrogens is 1. The zero-order valence-corrected chi connectivity index (χ0v) is 22.9. The van der Waals surface area contributed by atoms with Crippen molar-refractivity contribution in [3.63, 3.8) is 0 Å². The second kappa shape index (κ2) is 7.53. The number of aromatic hydroxyl groups is 1. The summed E-state index contributed by atoms with van der Waals surface area (Å²) in [5.41, 5.74) is 6.46. The highest BCUT2D eigenvalue weighted by Gasteiger charge is 2.72. The molecular formula is C36H32N2O3.